The van der Waals surface area contributed by atoms with Crippen molar-refractivity contribution in [3.05, 3.63) is 0 Å². The fourth-order valence-corrected chi connectivity index (χ4v) is 2.40. The minimum Gasteiger partial charge on any atom is -0.344 e. The van der Waals surface area contributed by atoms with Crippen LogP contribution in [0, 0.1) is 5.92 Å². The molecule has 1 aliphatic rings. The van der Waals surface area contributed by atoms with Crippen LogP contribution >= 0.6 is 0 Å². The quantitative estimate of drug-likeness (QED) is 0.773. The van der Waals surface area contributed by atoms with Crippen molar-refractivity contribution in [3.63, 3.8) is 0 Å². The zero-order valence-electron chi connectivity index (χ0n) is 11.7. The smallest absolute Gasteiger partial charge is 0.236 e. The number of hydrogen-bond donors (Lipinski definition) is 1. The fourth-order valence-electron chi connectivity index (χ4n) is 2.40. The van der Waals surface area contributed by atoms with Gasteiger partial charge >= 0.3 is 0 Å². The summed E-state index contributed by atoms with van der Waals surface area (Å²) in [6, 6.07) is 0.432. The van der Waals surface area contributed by atoms with Crippen molar-refractivity contribution < 1.29 is 4.79 Å². The van der Waals surface area contributed by atoms with Gasteiger partial charge in [-0.3, -0.25) is 4.79 Å². The van der Waals surface area contributed by atoms with E-state index in [0.29, 0.717) is 12.6 Å². The molecule has 0 aliphatic heterocycles. The molecule has 1 unspecified atom stereocenters. The number of carbonyl (C=O) groups is 1. The molecule has 17 heavy (non-hydrogen) atoms. The summed E-state index contributed by atoms with van der Waals surface area (Å²) >= 11 is 0. The normalized spacial score (nSPS) is 19.0. The lowest BCUT2D eigenvalue weighted by atomic mass is 9.89. The number of likely N-dealkylation sites (N-methyl/N-ethyl adjacent to an activating group) is 1. The Bertz CT molecular complexity index is 224. The van der Waals surface area contributed by atoms with Gasteiger partial charge in [-0.05, 0) is 32.1 Å². The second-order valence-corrected chi connectivity index (χ2v) is 5.47. The van der Waals surface area contributed by atoms with Crippen LogP contribution in [0.25, 0.3) is 0 Å². The van der Waals surface area contributed by atoms with E-state index in [1.54, 1.807) is 0 Å². The summed E-state index contributed by atoms with van der Waals surface area (Å²) in [5.41, 5.74) is 0. The summed E-state index contributed by atoms with van der Waals surface area (Å²) in [6.07, 6.45) is 7.74. The van der Waals surface area contributed by atoms with Crippen molar-refractivity contribution in [2.24, 2.45) is 5.92 Å². The summed E-state index contributed by atoms with van der Waals surface area (Å²) < 4.78 is 0. The first-order chi connectivity index (χ1) is 8.13. The zero-order valence-corrected chi connectivity index (χ0v) is 11.7. The van der Waals surface area contributed by atoms with Gasteiger partial charge in [-0.1, -0.05) is 26.2 Å². The Kier molecular flexibility index (Phi) is 6.56. The molecule has 1 amide bonds. The molecule has 0 aromatic carbocycles. The highest BCUT2D eigenvalue weighted by Crippen LogP contribution is 2.23. The van der Waals surface area contributed by atoms with Gasteiger partial charge in [0.2, 0.25) is 5.91 Å². The molecule has 0 saturated heterocycles. The highest BCUT2D eigenvalue weighted by molar-refractivity contribution is 5.77. The standard InChI is InChI=1S/C14H28N2O/c1-4-12(2)15-10-14(17)16(3)11-13-8-6-5-7-9-13/h12-13,15H,4-11H2,1-3H3. The maximum atomic E-state index is 11.9. The van der Waals surface area contributed by atoms with Crippen LogP contribution in [-0.4, -0.2) is 37.0 Å². The van der Waals surface area contributed by atoms with E-state index in [4.69, 9.17) is 0 Å². The van der Waals surface area contributed by atoms with Gasteiger partial charge in [0.05, 0.1) is 6.54 Å². The highest BCUT2D eigenvalue weighted by atomic mass is 16.2. The Balaban J connectivity index is 2.21. The molecular weight excluding hydrogens is 212 g/mol. The van der Waals surface area contributed by atoms with E-state index in [1.807, 2.05) is 11.9 Å². The van der Waals surface area contributed by atoms with Crippen LogP contribution in [0.1, 0.15) is 52.4 Å². The molecule has 3 nitrogen and oxygen atoms in total. The van der Waals surface area contributed by atoms with Crippen LogP contribution < -0.4 is 5.32 Å². The van der Waals surface area contributed by atoms with Crippen LogP contribution in [0.15, 0.2) is 0 Å². The number of nitrogens with zero attached hydrogens (tertiary/aromatic N) is 1. The van der Waals surface area contributed by atoms with Gasteiger partial charge in [0, 0.05) is 19.6 Å². The Morgan fingerprint density at radius 1 is 1.35 bits per heavy atom. The number of hydrogen-bond acceptors (Lipinski definition) is 2. The Morgan fingerprint density at radius 3 is 2.59 bits per heavy atom. The molecule has 1 saturated carbocycles. The van der Waals surface area contributed by atoms with Gasteiger partial charge in [-0.25, -0.2) is 0 Å². The summed E-state index contributed by atoms with van der Waals surface area (Å²) in [7, 11) is 1.94. The minimum absolute atomic E-state index is 0.232. The monoisotopic (exact) mass is 240 g/mol. The van der Waals surface area contributed by atoms with E-state index in [0.717, 1.165) is 18.9 Å². The van der Waals surface area contributed by atoms with Crippen molar-refractivity contribution in [1.29, 1.82) is 0 Å². The lowest BCUT2D eigenvalue weighted by Crippen LogP contribution is -2.41. The Hall–Kier alpha value is -0.570. The van der Waals surface area contributed by atoms with Crippen LogP contribution in [0.3, 0.4) is 0 Å². The molecule has 1 atom stereocenters. The zero-order chi connectivity index (χ0) is 12.7. The Morgan fingerprint density at radius 2 is 2.00 bits per heavy atom. The van der Waals surface area contributed by atoms with E-state index in [9.17, 15) is 4.79 Å². The van der Waals surface area contributed by atoms with Gasteiger partial charge in [0.25, 0.3) is 0 Å². The van der Waals surface area contributed by atoms with Crippen LogP contribution in [0.2, 0.25) is 0 Å². The van der Waals surface area contributed by atoms with Crippen LogP contribution in [-0.2, 0) is 4.79 Å². The number of nitrogens with one attached hydrogen (secondary N) is 1. The first-order valence-electron chi connectivity index (χ1n) is 7.10. The first-order valence-corrected chi connectivity index (χ1v) is 7.10. The van der Waals surface area contributed by atoms with Gasteiger partial charge < -0.3 is 10.2 Å². The van der Waals surface area contributed by atoms with Gasteiger partial charge in [-0.15, -0.1) is 0 Å². The lowest BCUT2D eigenvalue weighted by Gasteiger charge is -2.27. The number of carbonyl (C=O) groups excluding carboxylic acids is 1. The molecule has 1 N–H and O–H groups in total. The molecule has 0 bridgehead atoms. The van der Waals surface area contributed by atoms with Gasteiger partial charge in [-0.2, -0.15) is 0 Å². The second kappa shape index (κ2) is 7.70. The van der Waals surface area contributed by atoms with Crippen LogP contribution in [0.5, 0.6) is 0 Å². The van der Waals surface area contributed by atoms with E-state index in [-0.39, 0.29) is 5.91 Å². The average Bonchev–Trinajstić information content (AvgIpc) is 2.36. The highest BCUT2D eigenvalue weighted by Gasteiger charge is 2.18. The third-order valence-electron chi connectivity index (χ3n) is 3.90. The SMILES string of the molecule is CCC(C)NCC(=O)N(C)CC1CCCCC1. The number of rotatable bonds is 6. The molecule has 1 fully saturated rings. The molecular formula is C14H28N2O. The number of amides is 1. The predicted molar refractivity (Wildman–Crippen MR) is 72.0 cm³/mol. The minimum atomic E-state index is 0.232. The van der Waals surface area contributed by atoms with Crippen molar-refractivity contribution >= 4 is 5.91 Å². The summed E-state index contributed by atoms with van der Waals surface area (Å²) in [6.45, 7) is 5.68. The molecule has 0 heterocycles. The van der Waals surface area contributed by atoms with Crippen molar-refractivity contribution in [3.8, 4) is 0 Å². The molecule has 3 heteroatoms. The van der Waals surface area contributed by atoms with Crippen LogP contribution in [0.4, 0.5) is 0 Å². The second-order valence-electron chi connectivity index (χ2n) is 5.47. The Labute approximate surface area is 106 Å². The average molecular weight is 240 g/mol. The fraction of sp³-hybridized carbons (Fsp3) is 0.929. The van der Waals surface area contributed by atoms with Gasteiger partial charge in [0.1, 0.15) is 0 Å². The van der Waals surface area contributed by atoms with E-state index >= 15 is 0 Å². The maximum absolute atomic E-state index is 11.9. The molecule has 1 rings (SSSR count). The van der Waals surface area contributed by atoms with E-state index < -0.39 is 0 Å². The maximum Gasteiger partial charge on any atom is 0.236 e. The topological polar surface area (TPSA) is 32.3 Å². The van der Waals surface area contributed by atoms with Crippen molar-refractivity contribution in [1.82, 2.24) is 10.2 Å². The molecule has 1 aliphatic carbocycles. The molecule has 0 spiro atoms. The van der Waals surface area contributed by atoms with E-state index in [2.05, 4.69) is 19.2 Å². The molecule has 0 aromatic heterocycles. The van der Waals surface area contributed by atoms with E-state index in [1.165, 1.54) is 32.1 Å². The molecule has 0 radical (unpaired) electrons. The third kappa shape index (κ3) is 5.53. The first kappa shape index (κ1) is 14.5. The molecule has 100 valence electrons. The summed E-state index contributed by atoms with van der Waals surface area (Å²) in [5.74, 6) is 0.970. The predicted octanol–water partition coefficient (Wildman–Crippen LogP) is 2.41. The molecule has 0 aromatic rings. The van der Waals surface area contributed by atoms with Crippen molar-refractivity contribution in [2.75, 3.05) is 20.1 Å². The lowest BCUT2D eigenvalue weighted by molar-refractivity contribution is -0.129. The summed E-state index contributed by atoms with van der Waals surface area (Å²) in [4.78, 5) is 13.8. The van der Waals surface area contributed by atoms with Gasteiger partial charge in [0.15, 0.2) is 0 Å². The van der Waals surface area contributed by atoms with Crippen molar-refractivity contribution in [2.45, 2.75) is 58.4 Å². The third-order valence-corrected chi connectivity index (χ3v) is 3.90. The summed E-state index contributed by atoms with van der Waals surface area (Å²) in [5, 5.41) is 3.26. The largest absolute Gasteiger partial charge is 0.344 e.